The summed E-state index contributed by atoms with van der Waals surface area (Å²) >= 11 is 0. The summed E-state index contributed by atoms with van der Waals surface area (Å²) in [4.78, 5) is 11.9. The highest BCUT2D eigenvalue weighted by molar-refractivity contribution is 5.77. The molecule has 0 bridgehead atoms. The standard InChI is InChI=1S/C18H27N3O2/c1-18(2,21-17(23)20-10-11-22)14-8-9-16(19)15(12-14)13-6-4-3-5-7-13/h6,8-9,12,22H,3-5,7,10-11,19H2,1-2H3,(H2,20,21,23). The molecular weight excluding hydrogens is 290 g/mol. The van der Waals surface area contributed by atoms with Gasteiger partial charge in [0.25, 0.3) is 0 Å². The summed E-state index contributed by atoms with van der Waals surface area (Å²) in [5, 5.41) is 14.3. The first-order valence-electron chi connectivity index (χ1n) is 8.20. The zero-order valence-corrected chi connectivity index (χ0v) is 14.0. The van der Waals surface area contributed by atoms with Crippen LogP contribution in [0.1, 0.15) is 50.7 Å². The number of hydrogen-bond donors (Lipinski definition) is 4. The number of aliphatic hydroxyl groups excluding tert-OH is 1. The van der Waals surface area contributed by atoms with Gasteiger partial charge in [0.1, 0.15) is 0 Å². The predicted octanol–water partition coefficient (Wildman–Crippen LogP) is 2.75. The molecule has 0 heterocycles. The molecule has 1 aliphatic rings. The molecule has 0 saturated carbocycles. The summed E-state index contributed by atoms with van der Waals surface area (Å²) in [6, 6.07) is 5.65. The number of urea groups is 1. The van der Waals surface area contributed by atoms with Crippen molar-refractivity contribution in [2.24, 2.45) is 0 Å². The van der Waals surface area contributed by atoms with Gasteiger partial charge in [0.05, 0.1) is 12.1 Å². The van der Waals surface area contributed by atoms with Crippen molar-refractivity contribution in [1.29, 1.82) is 0 Å². The lowest BCUT2D eigenvalue weighted by Gasteiger charge is -2.28. The maximum Gasteiger partial charge on any atom is 0.315 e. The van der Waals surface area contributed by atoms with Crippen LogP contribution in [-0.4, -0.2) is 24.3 Å². The molecule has 1 aromatic rings. The molecule has 0 radical (unpaired) electrons. The summed E-state index contributed by atoms with van der Waals surface area (Å²) in [6.07, 6.45) is 6.86. The highest BCUT2D eigenvalue weighted by atomic mass is 16.3. The summed E-state index contributed by atoms with van der Waals surface area (Å²) in [5.41, 5.74) is 9.80. The van der Waals surface area contributed by atoms with Gasteiger partial charge in [-0.15, -0.1) is 0 Å². The number of carbonyl (C=O) groups excluding carboxylic acids is 1. The molecule has 0 spiro atoms. The molecular formula is C18H27N3O2. The van der Waals surface area contributed by atoms with Crippen LogP contribution in [0.4, 0.5) is 10.5 Å². The van der Waals surface area contributed by atoms with E-state index < -0.39 is 5.54 Å². The molecule has 0 fully saturated rings. The summed E-state index contributed by atoms with van der Waals surface area (Å²) in [5.74, 6) is 0. The van der Waals surface area contributed by atoms with Crippen molar-refractivity contribution < 1.29 is 9.90 Å². The molecule has 2 rings (SSSR count). The van der Waals surface area contributed by atoms with Crippen LogP contribution in [0, 0.1) is 0 Å². The number of nitrogens with two attached hydrogens (primary N) is 1. The Hall–Kier alpha value is -2.01. The average molecular weight is 317 g/mol. The summed E-state index contributed by atoms with van der Waals surface area (Å²) in [7, 11) is 0. The number of benzene rings is 1. The zero-order valence-electron chi connectivity index (χ0n) is 14.0. The SMILES string of the molecule is CC(C)(NC(=O)NCCO)c1ccc(N)c(C2=CCCCC2)c1. The number of amides is 2. The minimum absolute atomic E-state index is 0.0754. The molecule has 0 atom stereocenters. The van der Waals surface area contributed by atoms with Crippen LogP contribution < -0.4 is 16.4 Å². The highest BCUT2D eigenvalue weighted by Gasteiger charge is 2.24. The smallest absolute Gasteiger partial charge is 0.315 e. The van der Waals surface area contributed by atoms with Gasteiger partial charge in [-0.25, -0.2) is 4.79 Å². The van der Waals surface area contributed by atoms with Crippen molar-refractivity contribution in [2.45, 2.75) is 45.1 Å². The topological polar surface area (TPSA) is 87.4 Å². The van der Waals surface area contributed by atoms with Gasteiger partial charge >= 0.3 is 6.03 Å². The van der Waals surface area contributed by atoms with Crippen molar-refractivity contribution in [3.05, 3.63) is 35.4 Å². The Morgan fingerprint density at radius 1 is 1.35 bits per heavy atom. The third-order valence-electron chi connectivity index (χ3n) is 4.24. The number of nitrogens with one attached hydrogen (secondary N) is 2. The Morgan fingerprint density at radius 3 is 2.78 bits per heavy atom. The van der Waals surface area contributed by atoms with Crippen molar-refractivity contribution in [2.75, 3.05) is 18.9 Å². The van der Waals surface area contributed by atoms with E-state index in [0.29, 0.717) is 0 Å². The van der Waals surface area contributed by atoms with Crippen LogP contribution in [-0.2, 0) is 5.54 Å². The fourth-order valence-electron chi connectivity index (χ4n) is 2.88. The Labute approximate surface area is 138 Å². The lowest BCUT2D eigenvalue weighted by molar-refractivity contribution is 0.224. The van der Waals surface area contributed by atoms with Gasteiger partial charge in [-0.2, -0.15) is 0 Å². The van der Waals surface area contributed by atoms with Gasteiger partial charge in [-0.1, -0.05) is 12.1 Å². The van der Waals surface area contributed by atoms with E-state index in [0.717, 1.165) is 29.7 Å². The quantitative estimate of drug-likeness (QED) is 0.630. The van der Waals surface area contributed by atoms with Crippen LogP contribution in [0.5, 0.6) is 0 Å². The first-order chi connectivity index (χ1) is 10.9. The number of hydrogen-bond acceptors (Lipinski definition) is 3. The minimum Gasteiger partial charge on any atom is -0.398 e. The van der Waals surface area contributed by atoms with Crippen molar-refractivity contribution >= 4 is 17.3 Å². The number of aliphatic hydroxyl groups is 1. The van der Waals surface area contributed by atoms with Gasteiger partial charge in [0.2, 0.25) is 0 Å². The summed E-state index contributed by atoms with van der Waals surface area (Å²) < 4.78 is 0. The summed E-state index contributed by atoms with van der Waals surface area (Å²) in [6.45, 7) is 4.07. The van der Waals surface area contributed by atoms with Crippen LogP contribution in [0.15, 0.2) is 24.3 Å². The Bertz CT molecular complexity index is 594. The van der Waals surface area contributed by atoms with Crippen LogP contribution >= 0.6 is 0 Å². The van der Waals surface area contributed by atoms with Crippen LogP contribution in [0.3, 0.4) is 0 Å². The zero-order chi connectivity index (χ0) is 16.9. The van der Waals surface area contributed by atoms with E-state index in [9.17, 15) is 4.79 Å². The normalized spacial score (nSPS) is 15.0. The molecule has 126 valence electrons. The molecule has 1 aromatic carbocycles. The van der Waals surface area contributed by atoms with E-state index in [1.807, 2.05) is 26.0 Å². The second-order valence-corrected chi connectivity index (χ2v) is 6.51. The van der Waals surface area contributed by atoms with E-state index in [1.165, 1.54) is 18.4 Å². The molecule has 0 saturated heterocycles. The number of nitrogen functional groups attached to an aromatic ring is 1. The Kier molecular flexibility index (Phi) is 5.66. The molecule has 2 amide bonds. The monoisotopic (exact) mass is 317 g/mol. The van der Waals surface area contributed by atoms with Gasteiger partial charge in [0, 0.05) is 17.8 Å². The molecule has 5 nitrogen and oxygen atoms in total. The number of rotatable bonds is 5. The third-order valence-corrected chi connectivity index (χ3v) is 4.24. The molecule has 0 aromatic heterocycles. The average Bonchev–Trinajstić information content (AvgIpc) is 2.53. The van der Waals surface area contributed by atoms with Gasteiger partial charge in [-0.05, 0) is 62.8 Å². The second-order valence-electron chi connectivity index (χ2n) is 6.51. The van der Waals surface area contributed by atoms with Crippen molar-refractivity contribution in [3.63, 3.8) is 0 Å². The van der Waals surface area contributed by atoms with Crippen molar-refractivity contribution in [1.82, 2.24) is 10.6 Å². The molecule has 0 unspecified atom stereocenters. The van der Waals surface area contributed by atoms with Gasteiger partial charge in [0.15, 0.2) is 0 Å². The maximum absolute atomic E-state index is 11.9. The van der Waals surface area contributed by atoms with E-state index in [-0.39, 0.29) is 19.2 Å². The third kappa shape index (κ3) is 4.48. The molecule has 0 aliphatic heterocycles. The van der Waals surface area contributed by atoms with E-state index >= 15 is 0 Å². The molecule has 23 heavy (non-hydrogen) atoms. The lowest BCUT2D eigenvalue weighted by Crippen LogP contribution is -2.47. The Balaban J connectivity index is 2.21. The first-order valence-corrected chi connectivity index (χ1v) is 8.20. The molecule has 5 N–H and O–H groups in total. The minimum atomic E-state index is -0.531. The maximum atomic E-state index is 11.9. The number of allylic oxidation sites excluding steroid dienone is 2. The number of carbonyl (C=O) groups is 1. The van der Waals surface area contributed by atoms with E-state index in [1.54, 1.807) is 0 Å². The van der Waals surface area contributed by atoms with Crippen LogP contribution in [0.2, 0.25) is 0 Å². The predicted molar refractivity (Wildman–Crippen MR) is 93.9 cm³/mol. The Morgan fingerprint density at radius 2 is 2.13 bits per heavy atom. The molecule has 1 aliphatic carbocycles. The molecule has 5 heteroatoms. The van der Waals surface area contributed by atoms with Crippen molar-refractivity contribution in [3.8, 4) is 0 Å². The van der Waals surface area contributed by atoms with Gasteiger partial charge in [-0.3, -0.25) is 0 Å². The van der Waals surface area contributed by atoms with E-state index in [4.69, 9.17) is 10.8 Å². The van der Waals surface area contributed by atoms with Gasteiger partial charge < -0.3 is 21.5 Å². The lowest BCUT2D eigenvalue weighted by atomic mass is 9.87. The fourth-order valence-corrected chi connectivity index (χ4v) is 2.88. The second kappa shape index (κ2) is 7.51. The fraction of sp³-hybridized carbons (Fsp3) is 0.500. The first kappa shape index (κ1) is 17.3. The van der Waals surface area contributed by atoms with E-state index in [2.05, 4.69) is 22.8 Å². The highest BCUT2D eigenvalue weighted by Crippen LogP contribution is 2.33. The van der Waals surface area contributed by atoms with Crippen LogP contribution in [0.25, 0.3) is 5.57 Å². The largest absolute Gasteiger partial charge is 0.398 e. The number of anilines is 1.